The van der Waals surface area contributed by atoms with E-state index in [0.29, 0.717) is 11.5 Å². The molecule has 3 aromatic carbocycles. The number of ether oxygens (including phenoxy) is 1. The topological polar surface area (TPSA) is 29.5 Å². The second-order valence-electron chi connectivity index (χ2n) is 10.9. The van der Waals surface area contributed by atoms with Crippen molar-refractivity contribution in [3.63, 3.8) is 0 Å². The molecule has 1 fully saturated rings. The van der Waals surface area contributed by atoms with Gasteiger partial charge in [-0.25, -0.2) is 0 Å². The summed E-state index contributed by atoms with van der Waals surface area (Å²) in [6, 6.07) is 22.9. The zero-order valence-corrected chi connectivity index (χ0v) is 25.9. The predicted octanol–water partition coefficient (Wildman–Crippen LogP) is 10.1. The van der Waals surface area contributed by atoms with E-state index in [1.54, 1.807) is 26.0 Å². The van der Waals surface area contributed by atoms with Crippen LogP contribution in [0.25, 0.3) is 0 Å². The average molecular weight is 621 g/mol. The van der Waals surface area contributed by atoms with Gasteiger partial charge in [0, 0.05) is 16.1 Å². The van der Waals surface area contributed by atoms with Crippen molar-refractivity contribution in [2.45, 2.75) is 73.2 Å². The number of aryl methyl sites for hydroxylation is 2. The quantitative estimate of drug-likeness (QED) is 0.266. The summed E-state index contributed by atoms with van der Waals surface area (Å²) in [4.78, 5) is 13.6. The van der Waals surface area contributed by atoms with E-state index >= 15 is 0 Å². The van der Waals surface area contributed by atoms with Crippen molar-refractivity contribution in [2.24, 2.45) is 5.41 Å². The molecule has 0 amide bonds. The number of hydrogen-bond acceptors (Lipinski definition) is 3. The van der Waals surface area contributed by atoms with Crippen LogP contribution in [0.2, 0.25) is 0 Å². The maximum absolute atomic E-state index is 11.6. The number of halogens is 4. The second-order valence-corrected chi connectivity index (χ2v) is 11.8. The van der Waals surface area contributed by atoms with Gasteiger partial charge >= 0.3 is 6.36 Å². The highest BCUT2D eigenvalue weighted by molar-refractivity contribution is 9.10. The summed E-state index contributed by atoms with van der Waals surface area (Å²) in [5, 5.41) is 0. The van der Waals surface area contributed by atoms with Gasteiger partial charge in [-0.05, 0) is 93.9 Å². The van der Waals surface area contributed by atoms with E-state index in [4.69, 9.17) is 0 Å². The summed E-state index contributed by atoms with van der Waals surface area (Å²) in [5.74, 6) is -0.0666. The lowest BCUT2D eigenvalue weighted by atomic mass is 9.82. The smallest absolute Gasteiger partial charge is 0.406 e. The van der Waals surface area contributed by atoms with Crippen molar-refractivity contribution >= 4 is 21.7 Å². The Balaban J connectivity index is 0.000000217. The first-order valence-electron chi connectivity index (χ1n) is 13.6. The van der Waals surface area contributed by atoms with Crippen LogP contribution in [0.3, 0.4) is 0 Å². The van der Waals surface area contributed by atoms with Gasteiger partial charge in [0.05, 0.1) is 0 Å². The summed E-state index contributed by atoms with van der Waals surface area (Å²) in [6.45, 7) is 14.9. The fourth-order valence-corrected chi connectivity index (χ4v) is 5.06. The first-order chi connectivity index (χ1) is 18.7. The van der Waals surface area contributed by atoms with Gasteiger partial charge in [0.1, 0.15) is 5.75 Å². The molecule has 40 heavy (non-hydrogen) atoms. The van der Waals surface area contributed by atoms with Crippen LogP contribution in [0.15, 0.2) is 77.3 Å². The Bertz CT molecular complexity index is 1180. The highest BCUT2D eigenvalue weighted by atomic mass is 79.9. The zero-order chi connectivity index (χ0) is 29.9. The molecular formula is C33H41BrF3NO2. The minimum atomic E-state index is -4.60. The third-order valence-electron chi connectivity index (χ3n) is 6.99. The number of nitrogens with zero attached hydrogens (tertiary/aromatic N) is 1. The van der Waals surface area contributed by atoms with Gasteiger partial charge < -0.3 is 4.74 Å². The van der Waals surface area contributed by atoms with Crippen LogP contribution in [-0.4, -0.2) is 30.1 Å². The number of carbonyl (C=O) groups is 1. The SMILES string of the molecule is CC(=O)c1ccc(Br)cc1C.CCC(c1ccccc1)N1CCC(C)(C)CC1.Cc1ccc(OC(F)(F)F)cc1. The van der Waals surface area contributed by atoms with Crippen molar-refractivity contribution in [3.05, 3.63) is 99.5 Å². The number of ketones is 1. The molecule has 1 aliphatic rings. The van der Waals surface area contributed by atoms with Crippen molar-refractivity contribution in [1.29, 1.82) is 0 Å². The van der Waals surface area contributed by atoms with Crippen LogP contribution in [0, 0.1) is 19.3 Å². The van der Waals surface area contributed by atoms with E-state index in [0.717, 1.165) is 21.2 Å². The standard InChI is InChI=1S/C16H25N.C9H9BrO.C8H7F3O/c1-4-15(14-8-6-5-7-9-14)17-12-10-16(2,3)11-13-17;1-6-5-8(10)3-4-9(6)7(2)11;1-6-2-4-7(5-3-6)12-8(9,10)11/h5-9,15H,4,10-13H2,1-3H3;3-5H,1-2H3;2-5H,1H3. The fraction of sp³-hybridized carbons (Fsp3) is 0.424. The minimum absolute atomic E-state index is 0.120. The second kappa shape index (κ2) is 15.4. The molecule has 0 aromatic heterocycles. The van der Waals surface area contributed by atoms with Crippen molar-refractivity contribution in [3.8, 4) is 5.75 Å². The number of benzene rings is 3. The molecule has 1 saturated heterocycles. The van der Waals surface area contributed by atoms with Crippen LogP contribution >= 0.6 is 15.9 Å². The summed E-state index contributed by atoms with van der Waals surface area (Å²) in [5.41, 5.74) is 4.74. The van der Waals surface area contributed by atoms with E-state index in [-0.39, 0.29) is 11.5 Å². The Labute approximate surface area is 245 Å². The molecule has 0 aliphatic carbocycles. The lowest BCUT2D eigenvalue weighted by Crippen LogP contribution is -2.39. The molecule has 1 unspecified atom stereocenters. The largest absolute Gasteiger partial charge is 0.573 e. The first-order valence-corrected chi connectivity index (χ1v) is 14.4. The molecule has 1 atom stereocenters. The number of rotatable bonds is 5. The lowest BCUT2D eigenvalue weighted by molar-refractivity contribution is -0.274. The molecule has 0 saturated carbocycles. The van der Waals surface area contributed by atoms with Crippen LogP contribution in [0.4, 0.5) is 13.2 Å². The highest BCUT2D eigenvalue weighted by Gasteiger charge is 2.31. The Morgan fingerprint density at radius 1 is 0.975 bits per heavy atom. The van der Waals surface area contributed by atoms with Crippen LogP contribution in [0.1, 0.15) is 80.0 Å². The van der Waals surface area contributed by atoms with Gasteiger partial charge in [0.15, 0.2) is 5.78 Å². The Morgan fingerprint density at radius 3 is 2.02 bits per heavy atom. The molecule has 3 nitrogen and oxygen atoms in total. The van der Waals surface area contributed by atoms with E-state index < -0.39 is 6.36 Å². The summed E-state index contributed by atoms with van der Waals surface area (Å²) < 4.78 is 39.5. The number of piperidine rings is 1. The monoisotopic (exact) mass is 619 g/mol. The van der Waals surface area contributed by atoms with Crippen molar-refractivity contribution in [1.82, 2.24) is 4.90 Å². The number of likely N-dealkylation sites (tertiary alicyclic amines) is 1. The van der Waals surface area contributed by atoms with Crippen molar-refractivity contribution < 1.29 is 22.7 Å². The number of carbonyl (C=O) groups excluding carboxylic acids is 1. The molecule has 4 rings (SSSR count). The maximum atomic E-state index is 11.6. The molecule has 218 valence electrons. The lowest BCUT2D eigenvalue weighted by Gasteiger charge is -2.41. The van der Waals surface area contributed by atoms with Gasteiger partial charge in [0.2, 0.25) is 0 Å². The summed E-state index contributed by atoms with van der Waals surface area (Å²) in [6.07, 6.45) is -0.730. The fourth-order valence-electron chi connectivity index (χ4n) is 4.58. The number of alkyl halides is 3. The molecular weight excluding hydrogens is 579 g/mol. The van der Waals surface area contributed by atoms with Gasteiger partial charge in [-0.15, -0.1) is 13.2 Å². The summed E-state index contributed by atoms with van der Waals surface area (Å²) in [7, 11) is 0. The number of hydrogen-bond donors (Lipinski definition) is 0. The molecule has 1 heterocycles. The molecule has 3 aromatic rings. The molecule has 0 spiro atoms. The Morgan fingerprint density at radius 2 is 1.55 bits per heavy atom. The summed E-state index contributed by atoms with van der Waals surface area (Å²) >= 11 is 3.33. The third kappa shape index (κ3) is 11.8. The van der Waals surface area contributed by atoms with Gasteiger partial charge in [-0.2, -0.15) is 0 Å². The number of Topliss-reactive ketones (excluding diaryl/α,β-unsaturated/α-hetero) is 1. The molecule has 7 heteroatoms. The van der Waals surface area contributed by atoms with E-state index in [1.165, 1.54) is 50.0 Å². The van der Waals surface area contributed by atoms with E-state index in [1.807, 2.05) is 25.1 Å². The van der Waals surface area contributed by atoms with Crippen molar-refractivity contribution in [2.75, 3.05) is 13.1 Å². The Kier molecular flexibility index (Phi) is 12.9. The first kappa shape index (κ1) is 33.6. The minimum Gasteiger partial charge on any atom is -0.406 e. The Hall–Kier alpha value is -2.64. The average Bonchev–Trinajstić information content (AvgIpc) is 2.87. The maximum Gasteiger partial charge on any atom is 0.573 e. The molecule has 1 aliphatic heterocycles. The third-order valence-corrected chi connectivity index (χ3v) is 7.48. The molecule has 0 bridgehead atoms. The van der Waals surface area contributed by atoms with Gasteiger partial charge in [-0.3, -0.25) is 9.69 Å². The molecule has 0 N–H and O–H groups in total. The zero-order valence-electron chi connectivity index (χ0n) is 24.3. The highest BCUT2D eigenvalue weighted by Crippen LogP contribution is 2.35. The van der Waals surface area contributed by atoms with E-state index in [2.05, 4.69) is 76.7 Å². The predicted molar refractivity (Wildman–Crippen MR) is 161 cm³/mol. The van der Waals surface area contributed by atoms with Crippen LogP contribution in [-0.2, 0) is 0 Å². The van der Waals surface area contributed by atoms with Gasteiger partial charge in [0.25, 0.3) is 0 Å². The van der Waals surface area contributed by atoms with E-state index in [9.17, 15) is 18.0 Å². The normalized spacial score (nSPS) is 15.6. The van der Waals surface area contributed by atoms with Gasteiger partial charge in [-0.1, -0.05) is 90.8 Å². The molecule has 0 radical (unpaired) electrons. The van der Waals surface area contributed by atoms with Crippen LogP contribution < -0.4 is 4.74 Å². The van der Waals surface area contributed by atoms with Crippen LogP contribution in [0.5, 0.6) is 5.75 Å².